The van der Waals surface area contributed by atoms with Gasteiger partial charge < -0.3 is 19.5 Å². The predicted octanol–water partition coefficient (Wildman–Crippen LogP) is 0.384. The van der Waals surface area contributed by atoms with E-state index >= 15 is 0 Å². The summed E-state index contributed by atoms with van der Waals surface area (Å²) in [6, 6.07) is 0. The number of nitrogens with zero attached hydrogens (tertiary/aromatic N) is 4. The number of carbonyl (C=O) groups excluding carboxylic acids is 1. The fraction of sp³-hybridized carbons (Fsp3) is 0.812. The number of hydrogen-bond acceptors (Lipinski definition) is 5. The molecule has 0 radical (unpaired) electrons. The molecular weight excluding hydrogens is 294 g/mol. The molecule has 3 rings (SSSR count). The van der Waals surface area contributed by atoms with Crippen LogP contribution in [0.4, 0.5) is 0 Å². The molecule has 0 spiro atoms. The van der Waals surface area contributed by atoms with Crippen LogP contribution in [0.1, 0.15) is 37.8 Å². The zero-order valence-corrected chi connectivity index (χ0v) is 14.0. The molecule has 2 aliphatic rings. The molecule has 0 aliphatic carbocycles. The van der Waals surface area contributed by atoms with Gasteiger partial charge in [-0.3, -0.25) is 4.79 Å². The molecule has 0 aromatic carbocycles. The van der Waals surface area contributed by atoms with Gasteiger partial charge in [0.25, 0.3) is 0 Å². The van der Waals surface area contributed by atoms with Gasteiger partial charge in [-0.1, -0.05) is 6.92 Å². The molecule has 7 heteroatoms. The Labute approximate surface area is 137 Å². The van der Waals surface area contributed by atoms with Gasteiger partial charge in [0, 0.05) is 45.6 Å². The average molecular weight is 321 g/mol. The Bertz CT molecular complexity index is 525. The quantitative estimate of drug-likeness (QED) is 0.820. The van der Waals surface area contributed by atoms with Crippen molar-refractivity contribution in [1.29, 1.82) is 0 Å². The van der Waals surface area contributed by atoms with Crippen LogP contribution in [-0.2, 0) is 28.9 Å². The molecule has 1 atom stereocenters. The summed E-state index contributed by atoms with van der Waals surface area (Å²) in [6.45, 7) is 7.70. The second-order valence-electron chi connectivity index (χ2n) is 6.32. The van der Waals surface area contributed by atoms with Gasteiger partial charge in [-0.05, 0) is 25.8 Å². The summed E-state index contributed by atoms with van der Waals surface area (Å²) >= 11 is 0. The first-order chi connectivity index (χ1) is 11.3. The molecule has 1 aromatic rings. The summed E-state index contributed by atoms with van der Waals surface area (Å²) in [5, 5.41) is 11.6. The number of amides is 1. The Morgan fingerprint density at radius 2 is 2.26 bits per heavy atom. The Hall–Kier alpha value is -1.47. The number of carbonyl (C=O) groups is 1. The molecule has 0 unspecified atom stereocenters. The van der Waals surface area contributed by atoms with E-state index in [9.17, 15) is 4.79 Å². The van der Waals surface area contributed by atoms with Gasteiger partial charge in [-0.2, -0.15) is 0 Å². The van der Waals surface area contributed by atoms with Gasteiger partial charge in [0.1, 0.15) is 17.8 Å². The molecule has 1 amide bonds. The van der Waals surface area contributed by atoms with E-state index in [4.69, 9.17) is 4.74 Å². The van der Waals surface area contributed by atoms with Crippen LogP contribution in [0.3, 0.4) is 0 Å². The van der Waals surface area contributed by atoms with E-state index < -0.39 is 0 Å². The first kappa shape index (κ1) is 16.4. The van der Waals surface area contributed by atoms with Gasteiger partial charge >= 0.3 is 0 Å². The monoisotopic (exact) mass is 321 g/mol. The van der Waals surface area contributed by atoms with Gasteiger partial charge in [0.05, 0.1) is 0 Å². The van der Waals surface area contributed by atoms with Gasteiger partial charge in [0.15, 0.2) is 0 Å². The summed E-state index contributed by atoms with van der Waals surface area (Å²) in [6.07, 6.45) is 4.41. The molecule has 128 valence electrons. The highest BCUT2D eigenvalue weighted by molar-refractivity contribution is 5.80. The molecule has 0 saturated carbocycles. The number of ether oxygens (including phenoxy) is 1. The van der Waals surface area contributed by atoms with Crippen LogP contribution in [0, 0.1) is 0 Å². The van der Waals surface area contributed by atoms with Crippen LogP contribution in [0.5, 0.6) is 0 Å². The highest BCUT2D eigenvalue weighted by Gasteiger charge is 2.23. The zero-order valence-electron chi connectivity index (χ0n) is 14.0. The number of fused-ring (bicyclic) bond motifs is 1. The lowest BCUT2D eigenvalue weighted by Gasteiger charge is -2.18. The molecule has 0 bridgehead atoms. The van der Waals surface area contributed by atoms with E-state index in [1.807, 2.05) is 0 Å². The molecule has 23 heavy (non-hydrogen) atoms. The topological polar surface area (TPSA) is 72.3 Å². The minimum Gasteiger partial charge on any atom is -0.368 e. The fourth-order valence-electron chi connectivity index (χ4n) is 3.35. The summed E-state index contributed by atoms with van der Waals surface area (Å²) in [4.78, 5) is 14.4. The lowest BCUT2D eigenvalue weighted by molar-refractivity contribution is -0.130. The zero-order chi connectivity index (χ0) is 16.1. The molecule has 1 N–H and O–H groups in total. The molecule has 3 heterocycles. The minimum atomic E-state index is -0.256. The molecule has 1 fully saturated rings. The van der Waals surface area contributed by atoms with E-state index in [-0.39, 0.29) is 12.0 Å². The number of nitrogens with one attached hydrogen (secondary N) is 1. The predicted molar refractivity (Wildman–Crippen MR) is 86.1 cm³/mol. The highest BCUT2D eigenvalue weighted by Crippen LogP contribution is 2.12. The smallest absolute Gasteiger partial charge is 0.249 e. The standard InChI is InChI=1S/C16H27N5O2/c1-2-8-20-9-6-15-19-18-14(21(15)11-10-20)5-7-17-16(22)13-4-3-12-23-13/h13H,2-12H2,1H3,(H,17,22)/t13-/m1/s1. The first-order valence-electron chi connectivity index (χ1n) is 8.80. The Morgan fingerprint density at radius 3 is 3.04 bits per heavy atom. The summed E-state index contributed by atoms with van der Waals surface area (Å²) in [7, 11) is 0. The second kappa shape index (κ2) is 7.88. The van der Waals surface area contributed by atoms with Crippen molar-refractivity contribution in [2.24, 2.45) is 0 Å². The van der Waals surface area contributed by atoms with Gasteiger partial charge in [-0.15, -0.1) is 10.2 Å². The third kappa shape index (κ3) is 4.09. The van der Waals surface area contributed by atoms with Crippen LogP contribution in [0.25, 0.3) is 0 Å². The van der Waals surface area contributed by atoms with E-state index in [0.29, 0.717) is 13.2 Å². The highest BCUT2D eigenvalue weighted by atomic mass is 16.5. The average Bonchev–Trinajstić information content (AvgIpc) is 3.16. The maximum absolute atomic E-state index is 11.9. The van der Waals surface area contributed by atoms with Crippen LogP contribution >= 0.6 is 0 Å². The van der Waals surface area contributed by atoms with Crippen molar-refractivity contribution in [2.75, 3.05) is 32.8 Å². The van der Waals surface area contributed by atoms with Crippen LogP contribution < -0.4 is 5.32 Å². The summed E-state index contributed by atoms with van der Waals surface area (Å²) in [5.74, 6) is 2.06. The van der Waals surface area contributed by atoms with Crippen LogP contribution in [0.2, 0.25) is 0 Å². The van der Waals surface area contributed by atoms with E-state index in [2.05, 4.69) is 31.9 Å². The van der Waals surface area contributed by atoms with Gasteiger partial charge in [0.2, 0.25) is 5.91 Å². The van der Waals surface area contributed by atoms with Crippen molar-refractivity contribution in [3.05, 3.63) is 11.6 Å². The van der Waals surface area contributed by atoms with E-state index in [1.165, 1.54) is 6.42 Å². The normalized spacial score (nSPS) is 21.9. The number of aromatic nitrogens is 3. The number of hydrogen-bond donors (Lipinski definition) is 1. The second-order valence-corrected chi connectivity index (χ2v) is 6.32. The molecule has 2 aliphatic heterocycles. The third-order valence-corrected chi connectivity index (χ3v) is 4.61. The lowest BCUT2D eigenvalue weighted by Crippen LogP contribution is -2.35. The van der Waals surface area contributed by atoms with Crippen molar-refractivity contribution in [2.45, 2.75) is 51.7 Å². The van der Waals surface area contributed by atoms with E-state index in [0.717, 1.165) is 63.5 Å². The summed E-state index contributed by atoms with van der Waals surface area (Å²) < 4.78 is 7.62. The molecular formula is C16H27N5O2. The summed E-state index contributed by atoms with van der Waals surface area (Å²) in [5.41, 5.74) is 0. The fourth-order valence-corrected chi connectivity index (χ4v) is 3.35. The molecule has 1 saturated heterocycles. The van der Waals surface area contributed by atoms with Crippen LogP contribution in [-0.4, -0.2) is 64.5 Å². The van der Waals surface area contributed by atoms with Crippen molar-refractivity contribution < 1.29 is 9.53 Å². The van der Waals surface area contributed by atoms with Crippen LogP contribution in [0.15, 0.2) is 0 Å². The SMILES string of the molecule is CCCN1CCc2nnc(CCNC(=O)[C@H]3CCCO3)n2CC1. The third-order valence-electron chi connectivity index (χ3n) is 4.61. The van der Waals surface area contributed by atoms with Crippen molar-refractivity contribution in [1.82, 2.24) is 25.0 Å². The lowest BCUT2D eigenvalue weighted by atomic mass is 10.2. The van der Waals surface area contributed by atoms with Crippen molar-refractivity contribution in [3.63, 3.8) is 0 Å². The Kier molecular flexibility index (Phi) is 5.61. The largest absolute Gasteiger partial charge is 0.368 e. The van der Waals surface area contributed by atoms with Gasteiger partial charge in [-0.25, -0.2) is 0 Å². The number of rotatable bonds is 6. The molecule has 7 nitrogen and oxygen atoms in total. The Morgan fingerprint density at radius 1 is 1.35 bits per heavy atom. The van der Waals surface area contributed by atoms with E-state index in [1.54, 1.807) is 0 Å². The maximum Gasteiger partial charge on any atom is 0.249 e. The van der Waals surface area contributed by atoms with Crippen molar-refractivity contribution in [3.8, 4) is 0 Å². The minimum absolute atomic E-state index is 0.00669. The maximum atomic E-state index is 11.9. The van der Waals surface area contributed by atoms with Crippen molar-refractivity contribution >= 4 is 5.91 Å². The molecule has 1 aromatic heterocycles. The first-order valence-corrected chi connectivity index (χ1v) is 8.80. The Balaban J connectivity index is 1.50.